The van der Waals surface area contributed by atoms with Crippen LogP contribution in [0.5, 0.6) is 0 Å². The van der Waals surface area contributed by atoms with Gasteiger partial charge in [-0.3, -0.25) is 19.7 Å². The van der Waals surface area contributed by atoms with Gasteiger partial charge in [-0.15, -0.1) is 0 Å². The lowest BCUT2D eigenvalue weighted by atomic mass is 9.87. The van der Waals surface area contributed by atoms with E-state index in [2.05, 4.69) is 15.5 Å². The number of rotatable bonds is 2. The van der Waals surface area contributed by atoms with Crippen LogP contribution in [0, 0.1) is 5.82 Å². The molecule has 5 rings (SSSR count). The molecule has 3 fully saturated rings. The van der Waals surface area contributed by atoms with E-state index in [-0.39, 0.29) is 30.9 Å². The fourth-order valence-electron chi connectivity index (χ4n) is 4.73. The Balaban J connectivity index is 1.50. The molecule has 7 nitrogen and oxygen atoms in total. The van der Waals surface area contributed by atoms with Crippen molar-refractivity contribution < 1.29 is 18.8 Å². The molecule has 4 heterocycles. The number of hydrogen-bond acceptors (Lipinski definition) is 5. The summed E-state index contributed by atoms with van der Waals surface area (Å²) in [6, 6.07) is 3.10. The van der Waals surface area contributed by atoms with Crippen LogP contribution in [0.1, 0.15) is 35.2 Å². The Labute approximate surface area is 149 Å². The first kappa shape index (κ1) is 15.7. The second-order valence-electron chi connectivity index (χ2n) is 7.43. The summed E-state index contributed by atoms with van der Waals surface area (Å²) in [5, 5.41) is 5.64. The van der Waals surface area contributed by atoms with Gasteiger partial charge in [0.15, 0.2) is 0 Å². The molecule has 4 aliphatic rings. The molecular weight excluding hydrogens is 339 g/mol. The zero-order valence-electron chi connectivity index (χ0n) is 14.1. The SMILES string of the molecule is O=C1CCC(N2Cc3c(N4C5CNCC4C5)ccc(F)c3C2=O)C(=O)N1. The first-order chi connectivity index (χ1) is 12.5. The number of carbonyl (C=O) groups is 3. The van der Waals surface area contributed by atoms with E-state index in [9.17, 15) is 18.8 Å². The zero-order chi connectivity index (χ0) is 18.0. The van der Waals surface area contributed by atoms with E-state index < -0.39 is 23.7 Å². The van der Waals surface area contributed by atoms with Gasteiger partial charge in [-0.25, -0.2) is 4.39 Å². The van der Waals surface area contributed by atoms with Crippen molar-refractivity contribution in [3.05, 3.63) is 29.1 Å². The molecule has 0 aromatic heterocycles. The molecule has 2 bridgehead atoms. The van der Waals surface area contributed by atoms with Gasteiger partial charge in [0, 0.05) is 49.4 Å². The van der Waals surface area contributed by atoms with Crippen molar-refractivity contribution in [2.75, 3.05) is 18.0 Å². The molecular formula is C18H19FN4O3. The summed E-state index contributed by atoms with van der Waals surface area (Å²) in [7, 11) is 0. The fraction of sp³-hybridized carbons (Fsp3) is 0.500. The van der Waals surface area contributed by atoms with Gasteiger partial charge in [0.25, 0.3) is 5.91 Å². The van der Waals surface area contributed by atoms with Crippen LogP contribution in [0.2, 0.25) is 0 Å². The number of halogens is 1. The molecule has 3 unspecified atom stereocenters. The van der Waals surface area contributed by atoms with E-state index in [1.54, 1.807) is 6.07 Å². The van der Waals surface area contributed by atoms with Crippen LogP contribution in [-0.2, 0) is 16.1 Å². The lowest BCUT2D eigenvalue weighted by Gasteiger charge is -2.55. The Bertz CT molecular complexity index is 828. The molecule has 136 valence electrons. The number of fused-ring (bicyclic) bond motifs is 3. The van der Waals surface area contributed by atoms with E-state index in [1.165, 1.54) is 11.0 Å². The van der Waals surface area contributed by atoms with Crippen molar-refractivity contribution in [2.45, 2.75) is 43.9 Å². The minimum Gasteiger partial charge on any atom is -0.363 e. The van der Waals surface area contributed by atoms with Crippen LogP contribution < -0.4 is 15.5 Å². The molecule has 3 amide bonds. The summed E-state index contributed by atoms with van der Waals surface area (Å²) in [4.78, 5) is 40.1. The average Bonchev–Trinajstić information content (AvgIpc) is 2.96. The number of hydrogen-bond donors (Lipinski definition) is 2. The smallest absolute Gasteiger partial charge is 0.258 e. The second-order valence-corrected chi connectivity index (χ2v) is 7.43. The highest BCUT2D eigenvalue weighted by atomic mass is 19.1. The van der Waals surface area contributed by atoms with Crippen LogP contribution >= 0.6 is 0 Å². The summed E-state index contributed by atoms with van der Waals surface area (Å²) in [5.74, 6) is -1.82. The van der Waals surface area contributed by atoms with Crippen molar-refractivity contribution in [3.63, 3.8) is 0 Å². The van der Waals surface area contributed by atoms with Gasteiger partial charge < -0.3 is 15.1 Å². The number of benzene rings is 1. The van der Waals surface area contributed by atoms with Gasteiger partial charge in [0.05, 0.1) is 5.56 Å². The Morgan fingerprint density at radius 1 is 1.12 bits per heavy atom. The summed E-state index contributed by atoms with van der Waals surface area (Å²) in [6.07, 6.45) is 1.57. The number of imide groups is 1. The summed E-state index contributed by atoms with van der Waals surface area (Å²) >= 11 is 0. The monoisotopic (exact) mass is 358 g/mol. The fourth-order valence-corrected chi connectivity index (χ4v) is 4.73. The Morgan fingerprint density at radius 2 is 1.88 bits per heavy atom. The lowest BCUT2D eigenvalue weighted by Crippen LogP contribution is -2.68. The van der Waals surface area contributed by atoms with Crippen molar-refractivity contribution in [2.24, 2.45) is 0 Å². The molecule has 1 aromatic carbocycles. The number of nitrogens with zero attached hydrogens (tertiary/aromatic N) is 2. The maximum absolute atomic E-state index is 14.5. The topological polar surface area (TPSA) is 81.8 Å². The largest absolute Gasteiger partial charge is 0.363 e. The Morgan fingerprint density at radius 3 is 2.58 bits per heavy atom. The lowest BCUT2D eigenvalue weighted by molar-refractivity contribution is -0.136. The second kappa shape index (κ2) is 5.51. The normalized spacial score (nSPS) is 30.2. The van der Waals surface area contributed by atoms with Crippen molar-refractivity contribution >= 4 is 23.4 Å². The maximum Gasteiger partial charge on any atom is 0.258 e. The van der Waals surface area contributed by atoms with Gasteiger partial charge in [-0.1, -0.05) is 0 Å². The Kier molecular flexibility index (Phi) is 3.34. The number of nitrogens with one attached hydrogen (secondary N) is 2. The van der Waals surface area contributed by atoms with Crippen LogP contribution in [0.3, 0.4) is 0 Å². The molecule has 0 saturated carbocycles. The first-order valence-electron chi connectivity index (χ1n) is 8.99. The molecule has 2 N–H and O–H groups in total. The van der Waals surface area contributed by atoms with Gasteiger partial charge in [0.2, 0.25) is 11.8 Å². The van der Waals surface area contributed by atoms with Crippen molar-refractivity contribution in [1.82, 2.24) is 15.5 Å². The van der Waals surface area contributed by atoms with Crippen LogP contribution in [0.25, 0.3) is 0 Å². The number of carbonyl (C=O) groups excluding carboxylic acids is 3. The van der Waals surface area contributed by atoms with E-state index in [1.807, 2.05) is 0 Å². The van der Waals surface area contributed by atoms with Crippen molar-refractivity contribution in [3.8, 4) is 0 Å². The molecule has 0 radical (unpaired) electrons. The average molecular weight is 358 g/mol. The van der Waals surface area contributed by atoms with E-state index in [4.69, 9.17) is 0 Å². The van der Waals surface area contributed by atoms with Gasteiger partial charge in [-0.05, 0) is 25.0 Å². The summed E-state index contributed by atoms with van der Waals surface area (Å²) in [6.45, 7) is 1.97. The minimum absolute atomic E-state index is 0.0742. The molecule has 3 saturated heterocycles. The molecule has 0 spiro atoms. The van der Waals surface area contributed by atoms with Crippen LogP contribution in [0.15, 0.2) is 12.1 Å². The predicted molar refractivity (Wildman–Crippen MR) is 90.0 cm³/mol. The number of piperidine rings is 2. The zero-order valence-corrected chi connectivity index (χ0v) is 14.1. The molecule has 4 aliphatic heterocycles. The molecule has 8 heteroatoms. The van der Waals surface area contributed by atoms with Crippen molar-refractivity contribution in [1.29, 1.82) is 0 Å². The molecule has 3 atom stereocenters. The van der Waals surface area contributed by atoms with E-state index in [0.717, 1.165) is 25.2 Å². The summed E-state index contributed by atoms with van der Waals surface area (Å²) in [5.41, 5.74) is 1.63. The molecule has 26 heavy (non-hydrogen) atoms. The third-order valence-corrected chi connectivity index (χ3v) is 6.00. The number of amides is 3. The highest BCUT2D eigenvalue weighted by Gasteiger charge is 2.46. The standard InChI is InChI=1S/C18H19FN4O3/c19-12-1-2-13(23-9-5-10(23)7-20-6-9)11-8-22(18(26)16(11)12)14-3-4-15(24)21-17(14)25/h1-2,9-10,14,20H,3-8H2,(H,21,24,25). The molecule has 1 aromatic rings. The minimum atomic E-state index is -0.725. The van der Waals surface area contributed by atoms with Crippen LogP contribution in [-0.4, -0.2) is 53.8 Å². The van der Waals surface area contributed by atoms with Gasteiger partial charge in [-0.2, -0.15) is 0 Å². The molecule has 0 aliphatic carbocycles. The maximum atomic E-state index is 14.5. The summed E-state index contributed by atoms with van der Waals surface area (Å²) < 4.78 is 14.5. The quantitative estimate of drug-likeness (QED) is 0.735. The highest BCUT2D eigenvalue weighted by Crippen LogP contribution is 2.41. The third kappa shape index (κ3) is 2.11. The predicted octanol–water partition coefficient (Wildman–Crippen LogP) is 0.137. The van der Waals surface area contributed by atoms with E-state index in [0.29, 0.717) is 17.6 Å². The van der Waals surface area contributed by atoms with Gasteiger partial charge >= 0.3 is 0 Å². The number of anilines is 1. The van der Waals surface area contributed by atoms with Gasteiger partial charge in [0.1, 0.15) is 11.9 Å². The third-order valence-electron chi connectivity index (χ3n) is 6.00. The highest BCUT2D eigenvalue weighted by molar-refractivity contribution is 6.06. The Hall–Kier alpha value is -2.48. The van der Waals surface area contributed by atoms with Crippen LogP contribution in [0.4, 0.5) is 10.1 Å². The van der Waals surface area contributed by atoms with E-state index >= 15 is 0 Å². The first-order valence-corrected chi connectivity index (χ1v) is 8.99. The number of piperazine rings is 1.